The molecule has 1 amide bonds. The zero-order chi connectivity index (χ0) is 20.5. The van der Waals surface area contributed by atoms with Gasteiger partial charge in [-0.1, -0.05) is 18.2 Å². The van der Waals surface area contributed by atoms with Gasteiger partial charge in [0.1, 0.15) is 5.60 Å². The van der Waals surface area contributed by atoms with Crippen molar-refractivity contribution in [2.45, 2.75) is 37.7 Å². The predicted octanol–water partition coefficient (Wildman–Crippen LogP) is 2.63. The summed E-state index contributed by atoms with van der Waals surface area (Å²) in [4.78, 5) is 12.4. The van der Waals surface area contributed by atoms with Crippen molar-refractivity contribution in [3.63, 3.8) is 0 Å². The average Bonchev–Trinajstić information content (AvgIpc) is 2.95. The number of ether oxygens (including phenoxy) is 2. The van der Waals surface area contributed by atoms with E-state index in [2.05, 4.69) is 10.0 Å². The normalized spacial score (nSPS) is 14.9. The molecule has 3 rings (SSSR count). The van der Waals surface area contributed by atoms with Gasteiger partial charge in [-0.15, -0.1) is 0 Å². The lowest BCUT2D eigenvalue weighted by molar-refractivity contribution is -0.118. The van der Waals surface area contributed by atoms with Gasteiger partial charge in [0.05, 0.1) is 4.90 Å². The van der Waals surface area contributed by atoms with Crippen LogP contribution in [0.2, 0.25) is 0 Å². The standard InChI is InChI=1S/C20H24N2O5S/c1-13-8-9-15(10-17(13)28(24,25)21-4)22-18(23)12-26-16-7-5-6-14-11-20(2,3)27-19(14)16/h5-10,21H,11-12H2,1-4H3,(H,22,23). The molecule has 2 N–H and O–H groups in total. The van der Waals surface area contributed by atoms with E-state index in [1.807, 2.05) is 26.0 Å². The molecule has 0 spiro atoms. The summed E-state index contributed by atoms with van der Waals surface area (Å²) in [5.41, 5.74) is 1.71. The smallest absolute Gasteiger partial charge is 0.262 e. The van der Waals surface area contributed by atoms with Crippen LogP contribution in [-0.4, -0.2) is 33.6 Å². The molecule has 150 valence electrons. The number of anilines is 1. The Morgan fingerprint density at radius 2 is 2.00 bits per heavy atom. The number of hydrogen-bond donors (Lipinski definition) is 2. The van der Waals surface area contributed by atoms with Gasteiger partial charge in [0.2, 0.25) is 10.0 Å². The monoisotopic (exact) mass is 404 g/mol. The molecule has 2 aromatic rings. The van der Waals surface area contributed by atoms with Crippen LogP contribution in [0, 0.1) is 6.92 Å². The predicted molar refractivity (Wildman–Crippen MR) is 106 cm³/mol. The lowest BCUT2D eigenvalue weighted by atomic mass is 10.0. The maximum Gasteiger partial charge on any atom is 0.262 e. The van der Waals surface area contributed by atoms with Gasteiger partial charge < -0.3 is 14.8 Å². The minimum Gasteiger partial charge on any atom is -0.483 e. The second-order valence-electron chi connectivity index (χ2n) is 7.31. The van der Waals surface area contributed by atoms with Crippen molar-refractivity contribution < 1.29 is 22.7 Å². The minimum atomic E-state index is -3.61. The summed E-state index contributed by atoms with van der Waals surface area (Å²) >= 11 is 0. The SMILES string of the molecule is CNS(=O)(=O)c1cc(NC(=O)COc2cccc3c2OC(C)(C)C3)ccc1C. The van der Waals surface area contributed by atoms with Gasteiger partial charge in [-0.05, 0) is 51.6 Å². The molecule has 1 aliphatic heterocycles. The lowest BCUT2D eigenvalue weighted by Crippen LogP contribution is -2.25. The van der Waals surface area contributed by atoms with Crippen molar-refractivity contribution in [2.75, 3.05) is 19.0 Å². The van der Waals surface area contributed by atoms with Gasteiger partial charge in [-0.2, -0.15) is 0 Å². The second-order valence-corrected chi connectivity index (χ2v) is 9.16. The number of rotatable bonds is 6. The van der Waals surface area contributed by atoms with Crippen LogP contribution in [-0.2, 0) is 21.2 Å². The largest absolute Gasteiger partial charge is 0.483 e. The molecule has 2 aromatic carbocycles. The molecular formula is C20H24N2O5S. The van der Waals surface area contributed by atoms with E-state index in [1.54, 1.807) is 25.1 Å². The van der Waals surface area contributed by atoms with Gasteiger partial charge >= 0.3 is 0 Å². The number of hydrogen-bond acceptors (Lipinski definition) is 5. The van der Waals surface area contributed by atoms with E-state index in [4.69, 9.17) is 9.47 Å². The molecule has 8 heteroatoms. The van der Waals surface area contributed by atoms with E-state index in [9.17, 15) is 13.2 Å². The zero-order valence-corrected chi connectivity index (χ0v) is 17.1. The molecule has 1 aliphatic rings. The lowest BCUT2D eigenvalue weighted by Gasteiger charge is -2.18. The average molecular weight is 404 g/mol. The highest BCUT2D eigenvalue weighted by Crippen LogP contribution is 2.41. The van der Waals surface area contributed by atoms with Crippen molar-refractivity contribution in [1.29, 1.82) is 0 Å². The van der Waals surface area contributed by atoms with Crippen molar-refractivity contribution >= 4 is 21.6 Å². The van der Waals surface area contributed by atoms with E-state index in [0.717, 1.165) is 12.0 Å². The van der Waals surface area contributed by atoms with Crippen LogP contribution in [0.3, 0.4) is 0 Å². The Labute approximate surface area is 165 Å². The molecule has 1 heterocycles. The van der Waals surface area contributed by atoms with Crippen LogP contribution in [0.15, 0.2) is 41.3 Å². The van der Waals surface area contributed by atoms with E-state index in [-0.39, 0.29) is 17.1 Å². The van der Waals surface area contributed by atoms with Gasteiger partial charge in [0, 0.05) is 17.7 Å². The van der Waals surface area contributed by atoms with Crippen molar-refractivity contribution in [2.24, 2.45) is 0 Å². The van der Waals surface area contributed by atoms with Gasteiger partial charge in [0.25, 0.3) is 5.91 Å². The Kier molecular flexibility index (Phi) is 5.36. The number of amides is 1. The Morgan fingerprint density at radius 1 is 1.25 bits per heavy atom. The molecule has 0 bridgehead atoms. The number of aryl methyl sites for hydroxylation is 1. The summed E-state index contributed by atoms with van der Waals surface area (Å²) in [6, 6.07) is 10.3. The third-order valence-electron chi connectivity index (χ3n) is 4.44. The number of benzene rings is 2. The third kappa shape index (κ3) is 4.28. The summed E-state index contributed by atoms with van der Waals surface area (Å²) in [5.74, 6) is 0.783. The quantitative estimate of drug-likeness (QED) is 0.772. The highest BCUT2D eigenvalue weighted by atomic mass is 32.2. The van der Waals surface area contributed by atoms with E-state index >= 15 is 0 Å². The van der Waals surface area contributed by atoms with Crippen LogP contribution in [0.4, 0.5) is 5.69 Å². The number of para-hydroxylation sites is 1. The summed E-state index contributed by atoms with van der Waals surface area (Å²) in [5, 5.41) is 2.66. The molecule has 0 aliphatic carbocycles. The number of carbonyl (C=O) groups excluding carboxylic acids is 1. The molecule has 7 nitrogen and oxygen atoms in total. The van der Waals surface area contributed by atoms with Crippen molar-refractivity contribution in [3.05, 3.63) is 47.5 Å². The summed E-state index contributed by atoms with van der Waals surface area (Å²) in [6.45, 7) is 5.47. The molecule has 28 heavy (non-hydrogen) atoms. The first-order chi connectivity index (χ1) is 13.1. The highest BCUT2D eigenvalue weighted by molar-refractivity contribution is 7.89. The van der Waals surface area contributed by atoms with Gasteiger partial charge in [-0.25, -0.2) is 13.1 Å². The fraction of sp³-hybridized carbons (Fsp3) is 0.350. The Bertz CT molecular complexity index is 1020. The minimum absolute atomic E-state index is 0.116. The van der Waals surface area contributed by atoms with Crippen LogP contribution in [0.1, 0.15) is 25.0 Å². The fourth-order valence-corrected chi connectivity index (χ4v) is 4.11. The zero-order valence-electron chi connectivity index (χ0n) is 16.3. The Hall–Kier alpha value is -2.58. The number of carbonyl (C=O) groups is 1. The number of fused-ring (bicyclic) bond motifs is 1. The van der Waals surface area contributed by atoms with E-state index in [0.29, 0.717) is 22.7 Å². The number of sulfonamides is 1. The first kappa shape index (κ1) is 20.2. The Balaban J connectivity index is 1.69. The number of nitrogens with one attached hydrogen (secondary N) is 2. The van der Waals surface area contributed by atoms with Crippen LogP contribution < -0.4 is 19.5 Å². The van der Waals surface area contributed by atoms with Crippen molar-refractivity contribution in [3.8, 4) is 11.5 Å². The highest BCUT2D eigenvalue weighted by Gasteiger charge is 2.32. The molecular weight excluding hydrogens is 380 g/mol. The Morgan fingerprint density at radius 3 is 2.71 bits per heavy atom. The molecule has 0 radical (unpaired) electrons. The maximum atomic E-state index is 12.3. The topological polar surface area (TPSA) is 93.7 Å². The molecule has 0 aromatic heterocycles. The first-order valence-electron chi connectivity index (χ1n) is 8.89. The molecule has 0 unspecified atom stereocenters. The van der Waals surface area contributed by atoms with Crippen LogP contribution in [0.25, 0.3) is 0 Å². The van der Waals surface area contributed by atoms with Gasteiger partial charge in [-0.3, -0.25) is 4.79 Å². The van der Waals surface area contributed by atoms with E-state index < -0.39 is 15.9 Å². The molecule has 0 fully saturated rings. The van der Waals surface area contributed by atoms with Crippen LogP contribution in [0.5, 0.6) is 11.5 Å². The van der Waals surface area contributed by atoms with Crippen molar-refractivity contribution in [1.82, 2.24) is 4.72 Å². The second kappa shape index (κ2) is 7.44. The van der Waals surface area contributed by atoms with E-state index in [1.165, 1.54) is 13.1 Å². The molecule has 0 saturated heterocycles. The first-order valence-corrected chi connectivity index (χ1v) is 10.4. The summed E-state index contributed by atoms with van der Waals surface area (Å²) < 4.78 is 38.0. The van der Waals surface area contributed by atoms with Gasteiger partial charge in [0.15, 0.2) is 18.1 Å². The molecule has 0 atom stereocenters. The summed E-state index contributed by atoms with van der Waals surface area (Å²) in [7, 11) is -2.27. The molecule has 0 saturated carbocycles. The maximum absolute atomic E-state index is 12.3. The third-order valence-corrected chi connectivity index (χ3v) is 6.00. The van der Waals surface area contributed by atoms with Crippen LogP contribution >= 0.6 is 0 Å². The summed E-state index contributed by atoms with van der Waals surface area (Å²) in [6.07, 6.45) is 0.776. The fourth-order valence-electron chi connectivity index (χ4n) is 3.12.